The van der Waals surface area contributed by atoms with Crippen molar-refractivity contribution in [3.05, 3.63) is 82.5 Å². The molecule has 0 radical (unpaired) electrons. The molecule has 0 bridgehead atoms. The van der Waals surface area contributed by atoms with E-state index in [2.05, 4.69) is 54.0 Å². The molecule has 5 rings (SSSR count). The van der Waals surface area contributed by atoms with E-state index in [1.165, 1.54) is 10.9 Å². The molecule has 4 aromatic rings. The summed E-state index contributed by atoms with van der Waals surface area (Å²) in [6, 6.07) is 16.0. The molecule has 0 saturated carbocycles. The fourth-order valence-electron chi connectivity index (χ4n) is 4.21. The van der Waals surface area contributed by atoms with Crippen LogP contribution in [0, 0.1) is 0 Å². The molecule has 32 heavy (non-hydrogen) atoms. The summed E-state index contributed by atoms with van der Waals surface area (Å²) >= 11 is 0. The van der Waals surface area contributed by atoms with Gasteiger partial charge in [-0.1, -0.05) is 31.2 Å². The lowest BCUT2D eigenvalue weighted by molar-refractivity contribution is 0.250. The molecule has 162 valence electrons. The van der Waals surface area contributed by atoms with Crippen LogP contribution in [0.1, 0.15) is 18.2 Å². The van der Waals surface area contributed by atoms with E-state index in [0.29, 0.717) is 5.82 Å². The number of hydrogen-bond donors (Lipinski definition) is 1. The molecule has 0 atom stereocenters. The first-order valence-corrected chi connectivity index (χ1v) is 11.1. The van der Waals surface area contributed by atoms with Gasteiger partial charge in [-0.05, 0) is 30.2 Å². The molecular weight excluding hydrogens is 400 g/mol. The van der Waals surface area contributed by atoms with Crippen molar-refractivity contribution in [2.75, 3.05) is 31.1 Å². The summed E-state index contributed by atoms with van der Waals surface area (Å²) in [6.45, 7) is 6.68. The molecule has 3 aromatic heterocycles. The fourth-order valence-corrected chi connectivity index (χ4v) is 4.21. The zero-order valence-electron chi connectivity index (χ0n) is 18.2. The number of benzene rings is 1. The number of H-pyrrole nitrogens is 1. The topological polar surface area (TPSA) is 78.0 Å². The molecule has 1 aliphatic heterocycles. The normalized spacial score (nSPS) is 14.7. The van der Waals surface area contributed by atoms with Gasteiger partial charge >= 0.3 is 0 Å². The number of fused-ring (bicyclic) bond motifs is 1. The lowest BCUT2D eigenvalue weighted by Crippen LogP contribution is -2.46. The number of aromatic nitrogens is 4. The average Bonchev–Trinajstić information content (AvgIpc) is 2.84. The summed E-state index contributed by atoms with van der Waals surface area (Å²) in [7, 11) is 0. The Morgan fingerprint density at radius 1 is 1.00 bits per heavy atom. The summed E-state index contributed by atoms with van der Waals surface area (Å²) in [5.41, 5.74) is 3.84. The van der Waals surface area contributed by atoms with Gasteiger partial charge in [-0.15, -0.1) is 0 Å². The maximum Gasteiger partial charge on any atom is 0.251 e. The van der Waals surface area contributed by atoms with Gasteiger partial charge in [0.15, 0.2) is 0 Å². The highest BCUT2D eigenvalue weighted by Crippen LogP contribution is 2.21. The van der Waals surface area contributed by atoms with Gasteiger partial charge in [-0.2, -0.15) is 0 Å². The first-order valence-electron chi connectivity index (χ1n) is 11.1. The Morgan fingerprint density at radius 2 is 1.84 bits per heavy atom. The van der Waals surface area contributed by atoms with E-state index in [1.54, 1.807) is 12.3 Å². The number of para-hydroxylation sites is 1. The van der Waals surface area contributed by atoms with E-state index >= 15 is 0 Å². The van der Waals surface area contributed by atoms with E-state index in [1.807, 2.05) is 31.3 Å². The number of aryl methyl sites for hydroxylation is 1. The second-order valence-electron chi connectivity index (χ2n) is 8.10. The van der Waals surface area contributed by atoms with Gasteiger partial charge in [-0.25, -0.2) is 9.97 Å². The van der Waals surface area contributed by atoms with Crippen molar-refractivity contribution in [3.8, 4) is 11.4 Å². The number of nitrogens with one attached hydrogen (secondary N) is 1. The summed E-state index contributed by atoms with van der Waals surface area (Å²) < 4.78 is 0. The Labute approximate surface area is 186 Å². The zero-order chi connectivity index (χ0) is 21.9. The van der Waals surface area contributed by atoms with E-state index in [0.717, 1.165) is 61.7 Å². The van der Waals surface area contributed by atoms with Gasteiger partial charge in [0, 0.05) is 67.8 Å². The third-order valence-corrected chi connectivity index (χ3v) is 5.98. The SMILES string of the molecule is CCc1cc(=O)[nH]c(-c2ccc(N3CCN(Cc4cccc5cccnc45)CC3)nc2)n1. The third-order valence-electron chi connectivity index (χ3n) is 5.98. The van der Waals surface area contributed by atoms with Crippen LogP contribution >= 0.6 is 0 Å². The Kier molecular flexibility index (Phi) is 5.64. The number of aromatic amines is 1. The Morgan fingerprint density at radius 3 is 2.62 bits per heavy atom. The first-order chi connectivity index (χ1) is 15.7. The quantitative estimate of drug-likeness (QED) is 0.528. The zero-order valence-corrected chi connectivity index (χ0v) is 18.2. The van der Waals surface area contributed by atoms with Crippen molar-refractivity contribution >= 4 is 16.7 Å². The number of anilines is 1. The number of rotatable bonds is 5. The number of nitrogens with zero attached hydrogens (tertiary/aromatic N) is 5. The molecule has 1 saturated heterocycles. The highest BCUT2D eigenvalue weighted by Gasteiger charge is 2.19. The summed E-state index contributed by atoms with van der Waals surface area (Å²) in [5.74, 6) is 1.52. The monoisotopic (exact) mass is 426 g/mol. The second kappa shape index (κ2) is 8.88. The molecule has 1 fully saturated rings. The minimum Gasteiger partial charge on any atom is -0.354 e. The smallest absolute Gasteiger partial charge is 0.251 e. The lowest BCUT2D eigenvalue weighted by atomic mass is 10.1. The predicted molar refractivity (Wildman–Crippen MR) is 127 cm³/mol. The molecule has 7 heteroatoms. The van der Waals surface area contributed by atoms with Crippen molar-refractivity contribution in [2.45, 2.75) is 19.9 Å². The van der Waals surface area contributed by atoms with Gasteiger partial charge in [0.25, 0.3) is 5.56 Å². The van der Waals surface area contributed by atoms with Crippen LogP contribution in [0.25, 0.3) is 22.3 Å². The molecule has 4 heterocycles. The van der Waals surface area contributed by atoms with E-state index in [9.17, 15) is 4.79 Å². The summed E-state index contributed by atoms with van der Waals surface area (Å²) in [5, 5.41) is 1.19. The molecule has 1 aromatic carbocycles. The number of pyridine rings is 2. The third kappa shape index (κ3) is 4.24. The summed E-state index contributed by atoms with van der Waals surface area (Å²) in [6.07, 6.45) is 4.38. The van der Waals surface area contributed by atoms with Crippen LogP contribution < -0.4 is 10.5 Å². The van der Waals surface area contributed by atoms with Crippen molar-refractivity contribution < 1.29 is 0 Å². The second-order valence-corrected chi connectivity index (χ2v) is 8.10. The van der Waals surface area contributed by atoms with Crippen LogP contribution in [0.3, 0.4) is 0 Å². The molecule has 0 aliphatic carbocycles. The van der Waals surface area contributed by atoms with E-state index < -0.39 is 0 Å². The molecule has 7 nitrogen and oxygen atoms in total. The van der Waals surface area contributed by atoms with Crippen LogP contribution in [0.2, 0.25) is 0 Å². The molecular formula is C25H26N6O. The Bertz CT molecular complexity index is 1270. The van der Waals surface area contributed by atoms with Crippen LogP contribution in [0.15, 0.2) is 65.7 Å². The summed E-state index contributed by atoms with van der Waals surface area (Å²) in [4.78, 5) is 33.2. The first kappa shape index (κ1) is 20.3. The van der Waals surface area contributed by atoms with Gasteiger partial charge in [0.05, 0.1) is 5.52 Å². The predicted octanol–water partition coefficient (Wildman–Crippen LogP) is 3.26. The number of hydrogen-bond acceptors (Lipinski definition) is 6. The van der Waals surface area contributed by atoms with Crippen molar-refractivity contribution in [2.24, 2.45) is 0 Å². The van der Waals surface area contributed by atoms with Gasteiger partial charge in [0.1, 0.15) is 11.6 Å². The van der Waals surface area contributed by atoms with Crippen molar-refractivity contribution in [1.29, 1.82) is 0 Å². The highest BCUT2D eigenvalue weighted by molar-refractivity contribution is 5.81. The lowest BCUT2D eigenvalue weighted by Gasteiger charge is -2.35. The molecule has 1 aliphatic rings. The van der Waals surface area contributed by atoms with Crippen molar-refractivity contribution in [1.82, 2.24) is 24.8 Å². The Hall–Kier alpha value is -3.58. The number of piperazine rings is 1. The minimum absolute atomic E-state index is 0.131. The van der Waals surface area contributed by atoms with Crippen LogP contribution in [0.5, 0.6) is 0 Å². The van der Waals surface area contributed by atoms with Crippen LogP contribution in [-0.2, 0) is 13.0 Å². The van der Waals surface area contributed by atoms with Crippen molar-refractivity contribution in [3.63, 3.8) is 0 Å². The average molecular weight is 427 g/mol. The fraction of sp³-hybridized carbons (Fsp3) is 0.280. The van der Waals surface area contributed by atoms with E-state index in [4.69, 9.17) is 0 Å². The maximum atomic E-state index is 11.9. The standard InChI is InChI=1S/C25H26N6O/c1-2-21-15-23(32)29-25(28-21)19-8-9-22(27-16-19)31-13-11-30(12-14-31)17-20-6-3-5-18-7-4-10-26-24(18)20/h3-10,15-16H,2,11-14,17H2,1H3,(H,28,29,32). The van der Waals surface area contributed by atoms with Gasteiger partial charge < -0.3 is 9.88 Å². The van der Waals surface area contributed by atoms with E-state index in [-0.39, 0.29) is 5.56 Å². The van der Waals surface area contributed by atoms with Crippen LogP contribution in [-0.4, -0.2) is 51.0 Å². The minimum atomic E-state index is -0.131. The Balaban J connectivity index is 1.24. The van der Waals surface area contributed by atoms with Gasteiger partial charge in [0.2, 0.25) is 0 Å². The van der Waals surface area contributed by atoms with Crippen LogP contribution in [0.4, 0.5) is 5.82 Å². The van der Waals surface area contributed by atoms with Gasteiger partial charge in [-0.3, -0.25) is 14.7 Å². The molecule has 0 amide bonds. The molecule has 1 N–H and O–H groups in total. The molecule has 0 spiro atoms. The maximum absolute atomic E-state index is 11.9. The largest absolute Gasteiger partial charge is 0.354 e. The highest BCUT2D eigenvalue weighted by atomic mass is 16.1. The molecule has 0 unspecified atom stereocenters.